The number of nitrogens with zero attached hydrogens (tertiary/aromatic N) is 1. The number of Topliss-reactive ketones (excluding diaryl/α,β-unsaturated/α-hetero) is 3. The van der Waals surface area contributed by atoms with Gasteiger partial charge in [-0.15, -0.1) is 11.8 Å². The average Bonchev–Trinajstić information content (AvgIpc) is 2.74. The zero-order valence-electron chi connectivity index (χ0n) is 17.2. The SMILES string of the molecule is CC(=O)[C@]1(O)[C@@](O)(C(C)=O)CS[C@H](Oc2cncc(-c3ccccc3)c2)[C@@]1(O)C(C)=O. The second kappa shape index (κ2) is 8.16. The van der Waals surface area contributed by atoms with Crippen molar-refractivity contribution in [2.24, 2.45) is 0 Å². The summed E-state index contributed by atoms with van der Waals surface area (Å²) in [5.74, 6) is -3.42. The van der Waals surface area contributed by atoms with Gasteiger partial charge in [0.2, 0.25) is 5.60 Å². The highest BCUT2D eigenvalue weighted by atomic mass is 32.2. The fourth-order valence-corrected chi connectivity index (χ4v) is 5.32. The lowest BCUT2D eigenvalue weighted by Gasteiger charge is -2.54. The van der Waals surface area contributed by atoms with Gasteiger partial charge < -0.3 is 20.1 Å². The van der Waals surface area contributed by atoms with Crippen LogP contribution in [0, 0.1) is 0 Å². The monoisotopic (exact) mass is 445 g/mol. The first-order chi connectivity index (χ1) is 14.5. The van der Waals surface area contributed by atoms with Crippen molar-refractivity contribution in [2.45, 2.75) is 43.0 Å². The van der Waals surface area contributed by atoms with E-state index in [4.69, 9.17) is 4.74 Å². The molecule has 1 aliphatic rings. The molecule has 1 aliphatic heterocycles. The third kappa shape index (κ3) is 3.47. The molecule has 0 bridgehead atoms. The molecule has 3 N–H and O–H groups in total. The molecule has 31 heavy (non-hydrogen) atoms. The fraction of sp³-hybridized carbons (Fsp3) is 0.364. The summed E-state index contributed by atoms with van der Waals surface area (Å²) in [7, 11) is 0. The third-order valence-corrected chi connectivity index (χ3v) is 6.95. The number of thioether (sulfide) groups is 1. The summed E-state index contributed by atoms with van der Waals surface area (Å²) in [6.45, 7) is 2.82. The fourth-order valence-electron chi connectivity index (χ4n) is 3.76. The number of hydrogen-bond donors (Lipinski definition) is 3. The minimum atomic E-state index is -3.10. The lowest BCUT2D eigenvalue weighted by Crippen LogP contribution is -2.82. The van der Waals surface area contributed by atoms with E-state index in [-0.39, 0.29) is 5.75 Å². The van der Waals surface area contributed by atoms with Gasteiger partial charge in [-0.3, -0.25) is 19.4 Å². The molecule has 0 saturated carbocycles. The Hall–Kier alpha value is -2.59. The smallest absolute Gasteiger partial charge is 0.208 e. The quantitative estimate of drug-likeness (QED) is 0.599. The van der Waals surface area contributed by atoms with E-state index >= 15 is 0 Å². The minimum Gasteiger partial charge on any atom is -0.474 e. The van der Waals surface area contributed by atoms with Crippen LogP contribution in [0.2, 0.25) is 0 Å². The highest BCUT2D eigenvalue weighted by Crippen LogP contribution is 2.49. The van der Waals surface area contributed by atoms with Crippen molar-refractivity contribution in [3.05, 3.63) is 48.8 Å². The van der Waals surface area contributed by atoms with Crippen molar-refractivity contribution >= 4 is 29.1 Å². The van der Waals surface area contributed by atoms with Crippen LogP contribution >= 0.6 is 11.8 Å². The molecular weight excluding hydrogens is 422 g/mol. The standard InChI is InChI=1S/C22H23NO7S/c1-13(24)20(27)12-31-19(21(28,14(2)25)22(20,29)15(3)26)30-18-9-17(10-23-11-18)16-7-5-4-6-8-16/h4-11,19,27-29H,12H2,1-3H3/t19-,20-,21-,22-/m0/s1. The first-order valence-electron chi connectivity index (χ1n) is 9.47. The van der Waals surface area contributed by atoms with Gasteiger partial charge in [-0.1, -0.05) is 30.3 Å². The number of ether oxygens (including phenoxy) is 1. The summed E-state index contributed by atoms with van der Waals surface area (Å²) in [4.78, 5) is 41.3. The molecule has 8 nitrogen and oxygen atoms in total. The summed E-state index contributed by atoms with van der Waals surface area (Å²) in [6.07, 6.45) is 2.96. The molecule has 0 amide bonds. The van der Waals surface area contributed by atoms with Crippen LogP contribution in [0.15, 0.2) is 48.8 Å². The lowest BCUT2D eigenvalue weighted by molar-refractivity contribution is -0.236. The van der Waals surface area contributed by atoms with Crippen LogP contribution in [0.25, 0.3) is 11.1 Å². The van der Waals surface area contributed by atoms with Gasteiger partial charge in [0.15, 0.2) is 34.0 Å². The van der Waals surface area contributed by atoms with Crippen molar-refractivity contribution in [3.63, 3.8) is 0 Å². The first kappa shape index (κ1) is 23.1. The van der Waals surface area contributed by atoms with Gasteiger partial charge in [0.25, 0.3) is 0 Å². The van der Waals surface area contributed by atoms with Gasteiger partial charge in [0.05, 0.1) is 6.20 Å². The molecule has 164 valence electrons. The molecule has 1 aromatic carbocycles. The molecule has 0 aliphatic carbocycles. The Kier molecular flexibility index (Phi) is 6.07. The van der Waals surface area contributed by atoms with Crippen molar-refractivity contribution in [1.82, 2.24) is 4.98 Å². The van der Waals surface area contributed by atoms with E-state index in [9.17, 15) is 29.7 Å². The summed E-state index contributed by atoms with van der Waals surface area (Å²) >= 11 is 0.746. The van der Waals surface area contributed by atoms with Gasteiger partial charge in [0, 0.05) is 17.5 Å². The zero-order chi connectivity index (χ0) is 23.0. The van der Waals surface area contributed by atoms with Crippen molar-refractivity contribution in [2.75, 3.05) is 5.75 Å². The van der Waals surface area contributed by atoms with Crippen LogP contribution in [0.3, 0.4) is 0 Å². The van der Waals surface area contributed by atoms with E-state index in [1.807, 2.05) is 30.3 Å². The number of carbonyl (C=O) groups excluding carboxylic acids is 3. The molecule has 1 aromatic heterocycles. The molecule has 9 heteroatoms. The molecule has 4 atom stereocenters. The maximum atomic E-state index is 12.5. The third-order valence-electron chi connectivity index (χ3n) is 5.63. The van der Waals surface area contributed by atoms with Gasteiger partial charge in [-0.05, 0) is 32.4 Å². The van der Waals surface area contributed by atoms with Crippen molar-refractivity contribution in [1.29, 1.82) is 0 Å². The summed E-state index contributed by atoms with van der Waals surface area (Å²) in [5, 5.41) is 33.4. The molecule has 1 fully saturated rings. The molecule has 0 spiro atoms. The number of ketones is 3. The molecule has 0 unspecified atom stereocenters. The van der Waals surface area contributed by atoms with Crippen molar-refractivity contribution < 1.29 is 34.4 Å². The number of aliphatic hydroxyl groups is 3. The Morgan fingerprint density at radius 3 is 2.16 bits per heavy atom. The van der Waals surface area contributed by atoms with Gasteiger partial charge >= 0.3 is 0 Å². The van der Waals surface area contributed by atoms with Crippen LogP contribution < -0.4 is 4.74 Å². The number of aromatic nitrogens is 1. The van der Waals surface area contributed by atoms with E-state index < -0.39 is 45.3 Å². The predicted octanol–water partition coefficient (Wildman–Crippen LogP) is 1.16. The zero-order valence-corrected chi connectivity index (χ0v) is 18.0. The normalized spacial score (nSPS) is 30.5. The molecular formula is C22H23NO7S. The molecule has 3 rings (SSSR count). The van der Waals surface area contributed by atoms with Crippen LogP contribution in [0.4, 0.5) is 0 Å². The summed E-state index contributed by atoms with van der Waals surface area (Å²) < 4.78 is 5.81. The first-order valence-corrected chi connectivity index (χ1v) is 10.5. The van der Waals surface area contributed by atoms with Gasteiger partial charge in [-0.25, -0.2) is 0 Å². The molecule has 2 heterocycles. The Morgan fingerprint density at radius 2 is 1.61 bits per heavy atom. The van der Waals surface area contributed by atoms with E-state index in [0.29, 0.717) is 5.56 Å². The van der Waals surface area contributed by atoms with Crippen molar-refractivity contribution in [3.8, 4) is 16.9 Å². The van der Waals surface area contributed by atoms with Crippen LogP contribution in [-0.2, 0) is 14.4 Å². The largest absolute Gasteiger partial charge is 0.474 e. The van der Waals surface area contributed by atoms with E-state index in [0.717, 1.165) is 38.1 Å². The average molecular weight is 445 g/mol. The Bertz CT molecular complexity index is 1030. The van der Waals surface area contributed by atoms with E-state index in [1.165, 1.54) is 6.20 Å². The second-order valence-electron chi connectivity index (χ2n) is 7.54. The predicted molar refractivity (Wildman–Crippen MR) is 113 cm³/mol. The number of hydrogen-bond acceptors (Lipinski definition) is 9. The van der Waals surface area contributed by atoms with Crippen LogP contribution in [0.1, 0.15) is 20.8 Å². The van der Waals surface area contributed by atoms with Crippen LogP contribution in [0.5, 0.6) is 5.75 Å². The van der Waals surface area contributed by atoms with E-state index in [1.54, 1.807) is 12.3 Å². The highest BCUT2D eigenvalue weighted by molar-refractivity contribution is 8.00. The Labute approximate surface area is 183 Å². The Morgan fingerprint density at radius 1 is 0.968 bits per heavy atom. The van der Waals surface area contributed by atoms with Gasteiger partial charge in [0.1, 0.15) is 5.75 Å². The summed E-state index contributed by atoms with van der Waals surface area (Å²) in [6, 6.07) is 10.9. The highest BCUT2D eigenvalue weighted by Gasteiger charge is 2.75. The minimum absolute atomic E-state index is 0.165. The number of benzene rings is 1. The van der Waals surface area contributed by atoms with Crippen LogP contribution in [-0.4, -0.2) is 65.6 Å². The number of rotatable bonds is 6. The number of pyridine rings is 1. The number of carbonyl (C=O) groups is 3. The lowest BCUT2D eigenvalue weighted by atomic mass is 9.65. The summed E-state index contributed by atoms with van der Waals surface area (Å²) in [5.41, 5.74) is -8.61. The molecule has 2 aromatic rings. The maximum absolute atomic E-state index is 12.5. The molecule has 0 radical (unpaired) electrons. The molecule has 1 saturated heterocycles. The van der Waals surface area contributed by atoms with E-state index in [2.05, 4.69) is 4.98 Å². The Balaban J connectivity index is 2.06. The topological polar surface area (TPSA) is 134 Å². The second-order valence-corrected chi connectivity index (χ2v) is 8.59. The van der Waals surface area contributed by atoms with Gasteiger partial charge in [-0.2, -0.15) is 0 Å². The maximum Gasteiger partial charge on any atom is 0.208 e.